The van der Waals surface area contributed by atoms with Crippen LogP contribution in [0.15, 0.2) is 40.7 Å². The molecule has 0 amide bonds. The molecule has 2 heterocycles. The summed E-state index contributed by atoms with van der Waals surface area (Å²) in [5.74, 6) is 1.68. The van der Waals surface area contributed by atoms with Gasteiger partial charge in [-0.05, 0) is 36.4 Å². The van der Waals surface area contributed by atoms with Crippen molar-refractivity contribution in [1.29, 1.82) is 0 Å². The van der Waals surface area contributed by atoms with Crippen molar-refractivity contribution in [2.75, 3.05) is 46.4 Å². The third-order valence-electron chi connectivity index (χ3n) is 4.91. The number of nitrogens with zero attached hydrogens (tertiary/aromatic N) is 3. The highest BCUT2D eigenvalue weighted by atomic mass is 127. The van der Waals surface area contributed by atoms with Crippen LogP contribution in [-0.4, -0.2) is 67.2 Å². The summed E-state index contributed by atoms with van der Waals surface area (Å²) < 4.78 is 5.18. The summed E-state index contributed by atoms with van der Waals surface area (Å²) in [7, 11) is 1.57. The predicted molar refractivity (Wildman–Crippen MR) is 131 cm³/mol. The zero-order chi connectivity index (χ0) is 19.8. The lowest BCUT2D eigenvalue weighted by atomic mass is 10.1. The summed E-state index contributed by atoms with van der Waals surface area (Å²) in [5, 5.41) is 15.8. The van der Waals surface area contributed by atoms with Crippen LogP contribution in [0.3, 0.4) is 0 Å². The van der Waals surface area contributed by atoms with Crippen LogP contribution in [0.5, 0.6) is 11.5 Å². The van der Waals surface area contributed by atoms with E-state index in [-0.39, 0.29) is 29.7 Å². The first-order valence-corrected chi connectivity index (χ1v) is 10.7. The fraction of sp³-hybridized carbons (Fsp3) is 0.476. The van der Waals surface area contributed by atoms with E-state index in [1.165, 1.54) is 4.88 Å². The number of hydrogen-bond acceptors (Lipinski definition) is 5. The lowest BCUT2D eigenvalue weighted by molar-refractivity contribution is 0.173. The molecule has 0 bridgehead atoms. The van der Waals surface area contributed by atoms with E-state index >= 15 is 0 Å². The number of guanidine groups is 1. The van der Waals surface area contributed by atoms with Gasteiger partial charge in [-0.15, -0.1) is 35.3 Å². The summed E-state index contributed by atoms with van der Waals surface area (Å²) in [6, 6.07) is 9.91. The number of nitrogens with one attached hydrogen (secondary N) is 1. The molecule has 0 saturated carbocycles. The van der Waals surface area contributed by atoms with E-state index in [0.717, 1.165) is 50.8 Å². The van der Waals surface area contributed by atoms with Gasteiger partial charge < -0.3 is 20.1 Å². The largest absolute Gasteiger partial charge is 0.504 e. The molecule has 3 rings (SSSR count). The number of halogens is 1. The van der Waals surface area contributed by atoms with Crippen LogP contribution in [0.1, 0.15) is 17.4 Å². The first-order valence-electron chi connectivity index (χ1n) is 9.84. The van der Waals surface area contributed by atoms with E-state index in [1.54, 1.807) is 13.2 Å². The molecule has 0 atom stereocenters. The molecule has 8 heteroatoms. The molecule has 1 fully saturated rings. The Bertz CT molecular complexity index is 762. The zero-order valence-electron chi connectivity index (χ0n) is 17.1. The van der Waals surface area contributed by atoms with Crippen molar-refractivity contribution < 1.29 is 9.84 Å². The normalized spacial score (nSPS) is 15.1. The fourth-order valence-electron chi connectivity index (χ4n) is 3.38. The minimum absolute atomic E-state index is 0. The van der Waals surface area contributed by atoms with Crippen LogP contribution >= 0.6 is 35.3 Å². The standard InChI is InChI=1S/C21H30N4O2S.HI/c1-3-22-21(23-10-9-17-6-4-8-19(27-2)20(17)26)25-13-11-24(12-14-25)16-18-7-5-15-28-18;/h4-8,15,26H,3,9-14,16H2,1-2H3,(H,22,23);1H. The Morgan fingerprint density at radius 3 is 2.66 bits per heavy atom. The van der Waals surface area contributed by atoms with E-state index in [0.29, 0.717) is 18.7 Å². The summed E-state index contributed by atoms with van der Waals surface area (Å²) in [4.78, 5) is 11.0. The second-order valence-electron chi connectivity index (χ2n) is 6.80. The van der Waals surface area contributed by atoms with Crippen molar-refractivity contribution in [1.82, 2.24) is 15.1 Å². The van der Waals surface area contributed by atoms with Crippen LogP contribution in [-0.2, 0) is 13.0 Å². The molecular formula is C21H31IN4O2S. The first kappa shape index (κ1) is 23.8. The molecule has 29 heavy (non-hydrogen) atoms. The summed E-state index contributed by atoms with van der Waals surface area (Å²) in [5.41, 5.74) is 0.861. The Kier molecular flexibility index (Phi) is 10.0. The number of benzene rings is 1. The molecule has 160 valence electrons. The summed E-state index contributed by atoms with van der Waals surface area (Å²) in [6.07, 6.45) is 0.677. The van der Waals surface area contributed by atoms with E-state index < -0.39 is 0 Å². The van der Waals surface area contributed by atoms with E-state index in [2.05, 4.69) is 39.6 Å². The number of para-hydroxylation sites is 1. The molecular weight excluding hydrogens is 499 g/mol. The minimum Gasteiger partial charge on any atom is -0.504 e. The van der Waals surface area contributed by atoms with Gasteiger partial charge >= 0.3 is 0 Å². The van der Waals surface area contributed by atoms with E-state index in [1.807, 2.05) is 23.5 Å². The second kappa shape index (κ2) is 12.2. The molecule has 0 aliphatic carbocycles. The Hall–Kier alpha value is -1.52. The molecule has 6 nitrogen and oxygen atoms in total. The van der Waals surface area contributed by atoms with Gasteiger partial charge in [-0.2, -0.15) is 0 Å². The Labute approximate surface area is 194 Å². The second-order valence-corrected chi connectivity index (χ2v) is 7.83. The number of ether oxygens (including phenoxy) is 1. The maximum atomic E-state index is 10.2. The van der Waals surface area contributed by atoms with Crippen molar-refractivity contribution in [2.45, 2.75) is 19.9 Å². The molecule has 2 N–H and O–H groups in total. The van der Waals surface area contributed by atoms with Gasteiger partial charge in [0.1, 0.15) is 0 Å². The van der Waals surface area contributed by atoms with Crippen molar-refractivity contribution in [2.24, 2.45) is 4.99 Å². The number of thiophene rings is 1. The number of hydrogen-bond donors (Lipinski definition) is 2. The fourth-order valence-corrected chi connectivity index (χ4v) is 4.13. The van der Waals surface area contributed by atoms with Crippen LogP contribution in [0, 0.1) is 0 Å². The van der Waals surface area contributed by atoms with Crippen LogP contribution in [0.2, 0.25) is 0 Å². The van der Waals surface area contributed by atoms with Gasteiger partial charge in [0, 0.05) is 50.7 Å². The smallest absolute Gasteiger partial charge is 0.194 e. The Morgan fingerprint density at radius 1 is 1.21 bits per heavy atom. The molecule has 0 spiro atoms. The SMILES string of the molecule is CCNC(=NCCc1cccc(OC)c1O)N1CCN(Cc2cccs2)CC1.I. The topological polar surface area (TPSA) is 60.3 Å². The molecule has 1 aromatic heterocycles. The van der Waals surface area contributed by atoms with Gasteiger partial charge in [0.15, 0.2) is 17.5 Å². The number of phenols is 1. The van der Waals surface area contributed by atoms with Crippen molar-refractivity contribution in [3.63, 3.8) is 0 Å². The van der Waals surface area contributed by atoms with Gasteiger partial charge in [-0.25, -0.2) is 0 Å². The van der Waals surface area contributed by atoms with Gasteiger partial charge in [0.05, 0.1) is 7.11 Å². The lowest BCUT2D eigenvalue weighted by Gasteiger charge is -2.36. The maximum Gasteiger partial charge on any atom is 0.194 e. The zero-order valence-corrected chi connectivity index (χ0v) is 20.3. The number of methoxy groups -OCH3 is 1. The average molecular weight is 530 g/mol. The number of piperazine rings is 1. The molecule has 2 aromatic rings. The third-order valence-corrected chi connectivity index (χ3v) is 5.77. The highest BCUT2D eigenvalue weighted by molar-refractivity contribution is 14.0. The lowest BCUT2D eigenvalue weighted by Crippen LogP contribution is -2.52. The molecule has 1 saturated heterocycles. The number of phenolic OH excluding ortho intramolecular Hbond substituents is 1. The van der Waals surface area contributed by atoms with Crippen LogP contribution in [0.25, 0.3) is 0 Å². The summed E-state index contributed by atoms with van der Waals surface area (Å²) in [6.45, 7) is 8.63. The van der Waals surface area contributed by atoms with Crippen molar-refractivity contribution in [3.05, 3.63) is 46.2 Å². The Morgan fingerprint density at radius 2 is 2.00 bits per heavy atom. The molecule has 1 aliphatic heterocycles. The number of aromatic hydroxyl groups is 1. The minimum atomic E-state index is 0. The van der Waals surface area contributed by atoms with Crippen LogP contribution in [0.4, 0.5) is 0 Å². The maximum absolute atomic E-state index is 10.2. The van der Waals surface area contributed by atoms with Gasteiger partial charge in [-0.1, -0.05) is 18.2 Å². The Balaban J connectivity index is 0.00000300. The summed E-state index contributed by atoms with van der Waals surface area (Å²) >= 11 is 1.82. The highest BCUT2D eigenvalue weighted by Gasteiger charge is 2.19. The molecule has 1 aliphatic rings. The first-order chi connectivity index (χ1) is 13.7. The van der Waals surface area contributed by atoms with E-state index in [9.17, 15) is 5.11 Å². The molecule has 1 aromatic carbocycles. The molecule has 0 radical (unpaired) electrons. The number of rotatable bonds is 7. The van der Waals surface area contributed by atoms with Crippen LogP contribution < -0.4 is 10.1 Å². The highest BCUT2D eigenvalue weighted by Crippen LogP contribution is 2.29. The molecule has 0 unspecified atom stereocenters. The van der Waals surface area contributed by atoms with Gasteiger partial charge in [-0.3, -0.25) is 9.89 Å². The van der Waals surface area contributed by atoms with Gasteiger partial charge in [0.2, 0.25) is 0 Å². The van der Waals surface area contributed by atoms with Gasteiger partial charge in [0.25, 0.3) is 0 Å². The van der Waals surface area contributed by atoms with Crippen molar-refractivity contribution >= 4 is 41.3 Å². The van der Waals surface area contributed by atoms with E-state index in [4.69, 9.17) is 9.73 Å². The quantitative estimate of drug-likeness (QED) is 0.327. The third kappa shape index (κ3) is 6.75. The average Bonchev–Trinajstić information content (AvgIpc) is 3.22. The number of aliphatic imine (C=N–C) groups is 1. The van der Waals surface area contributed by atoms with Crippen molar-refractivity contribution in [3.8, 4) is 11.5 Å². The monoisotopic (exact) mass is 530 g/mol. The predicted octanol–water partition coefficient (Wildman–Crippen LogP) is 3.41.